The smallest absolute Gasteiger partial charge is 0.185 e. The summed E-state index contributed by atoms with van der Waals surface area (Å²) in [7, 11) is 0. The molecule has 0 atom stereocenters. The van der Waals surface area contributed by atoms with Gasteiger partial charge in [0, 0.05) is 23.6 Å². The standard InChI is InChI=1S/C13H13BrN2O/c1-2-16-12(6-7-15-16)13(17)9-10-4-3-5-11(14)8-10/h3-8H,2,9H2,1H3. The van der Waals surface area contributed by atoms with Crippen molar-refractivity contribution < 1.29 is 4.79 Å². The molecule has 0 saturated heterocycles. The molecule has 2 aromatic rings. The molecular formula is C13H13BrN2O. The molecule has 0 fully saturated rings. The van der Waals surface area contributed by atoms with E-state index in [9.17, 15) is 4.79 Å². The summed E-state index contributed by atoms with van der Waals surface area (Å²) in [5.74, 6) is 0.0995. The van der Waals surface area contributed by atoms with E-state index < -0.39 is 0 Å². The second-order valence-electron chi connectivity index (χ2n) is 3.76. The first kappa shape index (κ1) is 12.0. The topological polar surface area (TPSA) is 34.9 Å². The highest BCUT2D eigenvalue weighted by Crippen LogP contribution is 2.14. The molecule has 0 unspecified atom stereocenters. The zero-order valence-electron chi connectivity index (χ0n) is 9.56. The molecule has 0 amide bonds. The van der Waals surface area contributed by atoms with Crippen LogP contribution in [0.3, 0.4) is 0 Å². The third kappa shape index (κ3) is 2.82. The van der Waals surface area contributed by atoms with Crippen LogP contribution in [-0.2, 0) is 13.0 Å². The lowest BCUT2D eigenvalue weighted by Crippen LogP contribution is -2.11. The Morgan fingerprint density at radius 3 is 2.94 bits per heavy atom. The number of hydrogen-bond acceptors (Lipinski definition) is 2. The molecular weight excluding hydrogens is 280 g/mol. The van der Waals surface area contributed by atoms with Crippen LogP contribution in [0.1, 0.15) is 23.0 Å². The summed E-state index contributed by atoms with van der Waals surface area (Å²) in [6, 6.07) is 9.57. The number of Topliss-reactive ketones (excluding diaryl/α,β-unsaturated/α-hetero) is 1. The number of aromatic nitrogens is 2. The van der Waals surface area contributed by atoms with Gasteiger partial charge in [0.15, 0.2) is 5.78 Å². The lowest BCUT2D eigenvalue weighted by Gasteiger charge is -2.04. The van der Waals surface area contributed by atoms with Crippen molar-refractivity contribution in [3.05, 3.63) is 52.3 Å². The van der Waals surface area contributed by atoms with Crippen LogP contribution in [0.5, 0.6) is 0 Å². The Hall–Kier alpha value is -1.42. The van der Waals surface area contributed by atoms with E-state index in [0.717, 1.165) is 10.0 Å². The first-order chi connectivity index (χ1) is 8.20. The highest BCUT2D eigenvalue weighted by Gasteiger charge is 2.11. The fraction of sp³-hybridized carbons (Fsp3) is 0.231. The number of carbonyl (C=O) groups excluding carboxylic acids is 1. The first-order valence-corrected chi connectivity index (χ1v) is 6.29. The number of nitrogens with zero attached hydrogens (tertiary/aromatic N) is 2. The minimum Gasteiger partial charge on any atom is -0.292 e. The molecule has 0 radical (unpaired) electrons. The third-order valence-corrected chi connectivity index (χ3v) is 3.05. The van der Waals surface area contributed by atoms with E-state index in [2.05, 4.69) is 21.0 Å². The number of ketones is 1. The summed E-state index contributed by atoms with van der Waals surface area (Å²) in [6.07, 6.45) is 2.07. The van der Waals surface area contributed by atoms with Crippen LogP contribution in [0.4, 0.5) is 0 Å². The second-order valence-corrected chi connectivity index (χ2v) is 4.68. The Morgan fingerprint density at radius 1 is 1.41 bits per heavy atom. The Bertz CT molecular complexity index is 534. The van der Waals surface area contributed by atoms with Gasteiger partial charge in [-0.1, -0.05) is 28.1 Å². The van der Waals surface area contributed by atoms with Gasteiger partial charge in [0.05, 0.1) is 0 Å². The van der Waals surface area contributed by atoms with Crippen LogP contribution in [0, 0.1) is 0 Å². The predicted octanol–water partition coefficient (Wildman–Crippen LogP) is 3.09. The molecule has 0 bridgehead atoms. The minimum atomic E-state index is 0.0995. The lowest BCUT2D eigenvalue weighted by molar-refractivity contribution is 0.0983. The van der Waals surface area contributed by atoms with E-state index >= 15 is 0 Å². The van der Waals surface area contributed by atoms with Gasteiger partial charge in [0.2, 0.25) is 0 Å². The zero-order valence-corrected chi connectivity index (χ0v) is 11.1. The average molecular weight is 293 g/mol. The van der Waals surface area contributed by atoms with E-state index in [4.69, 9.17) is 0 Å². The second kappa shape index (κ2) is 5.27. The summed E-state index contributed by atoms with van der Waals surface area (Å²) >= 11 is 3.40. The molecule has 0 aliphatic carbocycles. The number of hydrogen-bond donors (Lipinski definition) is 0. The van der Waals surface area contributed by atoms with Crippen molar-refractivity contribution in [1.82, 2.24) is 9.78 Å². The third-order valence-electron chi connectivity index (χ3n) is 2.56. The largest absolute Gasteiger partial charge is 0.292 e. The molecule has 0 saturated carbocycles. The first-order valence-electron chi connectivity index (χ1n) is 5.50. The van der Waals surface area contributed by atoms with Crippen LogP contribution in [0.25, 0.3) is 0 Å². The van der Waals surface area contributed by atoms with Crippen molar-refractivity contribution in [2.45, 2.75) is 19.9 Å². The van der Waals surface area contributed by atoms with Gasteiger partial charge in [0.1, 0.15) is 5.69 Å². The van der Waals surface area contributed by atoms with Crippen LogP contribution in [0.15, 0.2) is 41.0 Å². The van der Waals surface area contributed by atoms with E-state index in [1.807, 2.05) is 31.2 Å². The van der Waals surface area contributed by atoms with Gasteiger partial charge in [-0.3, -0.25) is 9.48 Å². The monoisotopic (exact) mass is 292 g/mol. The molecule has 0 aliphatic heterocycles. The van der Waals surface area contributed by atoms with Crippen LogP contribution < -0.4 is 0 Å². The minimum absolute atomic E-state index is 0.0995. The molecule has 4 heteroatoms. The van der Waals surface area contributed by atoms with Crippen LogP contribution in [-0.4, -0.2) is 15.6 Å². The Labute approximate surface area is 109 Å². The highest BCUT2D eigenvalue weighted by molar-refractivity contribution is 9.10. The summed E-state index contributed by atoms with van der Waals surface area (Å²) in [5, 5.41) is 4.10. The summed E-state index contributed by atoms with van der Waals surface area (Å²) < 4.78 is 2.71. The molecule has 2 rings (SSSR count). The van der Waals surface area contributed by atoms with Crippen molar-refractivity contribution in [2.75, 3.05) is 0 Å². The van der Waals surface area contributed by atoms with Crippen LogP contribution >= 0.6 is 15.9 Å². The maximum atomic E-state index is 12.1. The summed E-state index contributed by atoms with van der Waals surface area (Å²) in [4.78, 5) is 12.1. The van der Waals surface area contributed by atoms with E-state index in [1.54, 1.807) is 16.9 Å². The van der Waals surface area contributed by atoms with Gasteiger partial charge >= 0.3 is 0 Å². The van der Waals surface area contributed by atoms with Crippen molar-refractivity contribution in [2.24, 2.45) is 0 Å². The maximum Gasteiger partial charge on any atom is 0.185 e. The van der Waals surface area contributed by atoms with E-state index in [1.165, 1.54) is 0 Å². The molecule has 0 aliphatic rings. The molecule has 88 valence electrons. The molecule has 17 heavy (non-hydrogen) atoms. The fourth-order valence-electron chi connectivity index (χ4n) is 1.74. The zero-order chi connectivity index (χ0) is 12.3. The van der Waals surface area contributed by atoms with Crippen molar-refractivity contribution >= 4 is 21.7 Å². The van der Waals surface area contributed by atoms with E-state index in [-0.39, 0.29) is 5.78 Å². The van der Waals surface area contributed by atoms with Gasteiger partial charge in [-0.15, -0.1) is 0 Å². The van der Waals surface area contributed by atoms with E-state index in [0.29, 0.717) is 18.7 Å². The predicted molar refractivity (Wildman–Crippen MR) is 70.1 cm³/mol. The average Bonchev–Trinajstić information content (AvgIpc) is 2.77. The normalized spacial score (nSPS) is 10.5. The summed E-state index contributed by atoms with van der Waals surface area (Å²) in [6.45, 7) is 2.69. The lowest BCUT2D eigenvalue weighted by atomic mass is 10.1. The van der Waals surface area contributed by atoms with Crippen molar-refractivity contribution in [3.8, 4) is 0 Å². The number of rotatable bonds is 4. The highest BCUT2D eigenvalue weighted by atomic mass is 79.9. The quantitative estimate of drug-likeness (QED) is 0.812. The van der Waals surface area contributed by atoms with Gasteiger partial charge in [-0.05, 0) is 30.7 Å². The molecule has 0 spiro atoms. The van der Waals surface area contributed by atoms with Crippen molar-refractivity contribution in [1.29, 1.82) is 0 Å². The molecule has 1 aromatic heterocycles. The van der Waals surface area contributed by atoms with Gasteiger partial charge in [-0.25, -0.2) is 0 Å². The molecule has 1 heterocycles. The van der Waals surface area contributed by atoms with Gasteiger partial charge < -0.3 is 0 Å². The Morgan fingerprint density at radius 2 is 2.24 bits per heavy atom. The van der Waals surface area contributed by atoms with Gasteiger partial charge in [-0.2, -0.15) is 5.10 Å². The SMILES string of the molecule is CCn1nccc1C(=O)Cc1cccc(Br)c1. The number of aryl methyl sites for hydroxylation is 1. The van der Waals surface area contributed by atoms with Crippen molar-refractivity contribution in [3.63, 3.8) is 0 Å². The Balaban J connectivity index is 2.17. The maximum absolute atomic E-state index is 12.1. The summed E-state index contributed by atoms with van der Waals surface area (Å²) in [5.41, 5.74) is 1.68. The molecule has 0 N–H and O–H groups in total. The Kier molecular flexibility index (Phi) is 3.74. The fourth-order valence-corrected chi connectivity index (χ4v) is 2.19. The number of benzene rings is 1. The molecule has 1 aromatic carbocycles. The number of halogens is 1. The van der Waals surface area contributed by atoms with Gasteiger partial charge in [0.25, 0.3) is 0 Å². The number of carbonyl (C=O) groups is 1. The van der Waals surface area contributed by atoms with Crippen LogP contribution in [0.2, 0.25) is 0 Å². The molecule has 3 nitrogen and oxygen atoms in total.